The number of alkyl halides is 3. The average Bonchev–Trinajstić information content (AvgIpc) is 3.56. The molecule has 2 heterocycles. The van der Waals surface area contributed by atoms with Crippen molar-refractivity contribution < 1.29 is 32.7 Å². The first-order chi connectivity index (χ1) is 18.7. The number of imidazole rings is 1. The maximum Gasteiger partial charge on any atom is 0.416 e. The summed E-state index contributed by atoms with van der Waals surface area (Å²) in [5.41, 5.74) is -0.654. The number of rotatable bonds is 11. The van der Waals surface area contributed by atoms with Gasteiger partial charge in [-0.2, -0.15) is 13.2 Å². The van der Waals surface area contributed by atoms with Crippen LogP contribution in [0.5, 0.6) is 0 Å². The molecule has 1 aromatic carbocycles. The minimum atomic E-state index is -4.46. The summed E-state index contributed by atoms with van der Waals surface area (Å²) in [4.78, 5) is 47.9. The number of thiazole rings is 1. The molecule has 0 aliphatic rings. The van der Waals surface area contributed by atoms with E-state index >= 15 is 0 Å². The largest absolute Gasteiger partial charge is 0.530 e. The Morgan fingerprint density at radius 3 is 2.33 bits per heavy atom. The Balaban J connectivity index is 1.91. The second-order valence-electron chi connectivity index (χ2n) is 10.4. The van der Waals surface area contributed by atoms with E-state index in [2.05, 4.69) is 15.3 Å². The zero-order valence-electron chi connectivity index (χ0n) is 22.6. The number of Topliss-reactive ketones (excluding diaryl/α,β-unsaturated/α-hetero) is 1. The van der Waals surface area contributed by atoms with Crippen LogP contribution in [0.25, 0.3) is 11.3 Å². The first-order valence-electron chi connectivity index (χ1n) is 12.7. The number of aromatic nitrogens is 3. The summed E-state index contributed by atoms with van der Waals surface area (Å²) >= 11 is 1.12. The van der Waals surface area contributed by atoms with E-state index in [1.54, 1.807) is 36.9 Å². The van der Waals surface area contributed by atoms with Gasteiger partial charge in [-0.3, -0.25) is 14.9 Å². The molecule has 0 fully saturated rings. The summed E-state index contributed by atoms with van der Waals surface area (Å²) in [7, 11) is 0. The number of nitrogens with one attached hydrogen (secondary N) is 1. The highest BCUT2D eigenvalue weighted by Gasteiger charge is 2.40. The van der Waals surface area contributed by atoms with Crippen LogP contribution < -0.4 is 10.4 Å². The minimum absolute atomic E-state index is 0.0507. The maximum absolute atomic E-state index is 13.3. The number of halogens is 3. The Labute approximate surface area is 234 Å². The third-order valence-corrected chi connectivity index (χ3v) is 7.11. The van der Waals surface area contributed by atoms with Crippen LogP contribution in [-0.4, -0.2) is 49.3 Å². The van der Waals surface area contributed by atoms with E-state index in [0.717, 1.165) is 28.4 Å². The molecule has 216 valence electrons. The molecule has 0 saturated heterocycles. The molecule has 0 spiro atoms. The van der Waals surface area contributed by atoms with E-state index in [1.807, 2.05) is 6.92 Å². The van der Waals surface area contributed by atoms with Gasteiger partial charge in [0.1, 0.15) is 6.09 Å². The highest BCUT2D eigenvalue weighted by molar-refractivity contribution is 7.13. The van der Waals surface area contributed by atoms with Gasteiger partial charge in [0, 0.05) is 29.9 Å². The van der Waals surface area contributed by atoms with Crippen LogP contribution in [0.2, 0.25) is 0 Å². The summed E-state index contributed by atoms with van der Waals surface area (Å²) in [6.45, 7) is 7.35. The fourth-order valence-electron chi connectivity index (χ4n) is 4.28. The van der Waals surface area contributed by atoms with Crippen molar-refractivity contribution in [3.63, 3.8) is 0 Å². The lowest BCUT2D eigenvalue weighted by Gasteiger charge is -2.45. The molecule has 3 aromatic rings. The van der Waals surface area contributed by atoms with E-state index in [4.69, 9.17) is 0 Å². The molecule has 2 amide bonds. The Bertz CT molecular complexity index is 1300. The van der Waals surface area contributed by atoms with E-state index in [-0.39, 0.29) is 18.1 Å². The van der Waals surface area contributed by atoms with Gasteiger partial charge in [0.05, 0.1) is 29.7 Å². The zero-order valence-corrected chi connectivity index (χ0v) is 23.4. The topological polar surface area (TPSA) is 120 Å². The van der Waals surface area contributed by atoms with Crippen LogP contribution in [0.1, 0.15) is 52.5 Å². The zero-order chi connectivity index (χ0) is 29.7. The molecule has 1 N–H and O–H groups in total. The third-order valence-electron chi connectivity index (χ3n) is 6.42. The number of nitrogens with zero attached hydrogens (tertiary/aromatic N) is 4. The molecule has 0 saturated carbocycles. The summed E-state index contributed by atoms with van der Waals surface area (Å²) in [6, 6.07) is 2.42. The van der Waals surface area contributed by atoms with E-state index in [9.17, 15) is 32.7 Å². The molecule has 0 aliphatic heterocycles. The van der Waals surface area contributed by atoms with E-state index in [1.165, 1.54) is 24.7 Å². The number of carboxylic acid groups (broad SMARTS) is 1. The monoisotopic (exact) mass is 578 g/mol. The Morgan fingerprint density at radius 1 is 1.12 bits per heavy atom. The second kappa shape index (κ2) is 12.6. The van der Waals surface area contributed by atoms with Gasteiger partial charge in [0.2, 0.25) is 5.78 Å². The van der Waals surface area contributed by atoms with Crippen LogP contribution in [0.15, 0.2) is 48.4 Å². The van der Waals surface area contributed by atoms with Crippen molar-refractivity contribution in [2.24, 2.45) is 5.41 Å². The summed E-state index contributed by atoms with van der Waals surface area (Å²) < 4.78 is 40.4. The number of unbranched alkanes of at least 4 members (excludes halogenated alkanes) is 1. The molecular formula is C27H31F3N5O4S-. The Morgan fingerprint density at radius 2 is 1.80 bits per heavy atom. The molecular weight excluding hydrogens is 547 g/mol. The van der Waals surface area contributed by atoms with Gasteiger partial charge in [-0.25, -0.2) is 9.97 Å². The fourth-order valence-corrected chi connectivity index (χ4v) is 4.80. The van der Waals surface area contributed by atoms with Crippen molar-refractivity contribution in [3.05, 3.63) is 53.9 Å². The molecule has 0 unspecified atom stereocenters. The molecule has 2 aromatic heterocycles. The molecule has 13 heteroatoms. The van der Waals surface area contributed by atoms with Gasteiger partial charge >= 0.3 is 6.18 Å². The molecule has 0 bridgehead atoms. The Kier molecular flexibility index (Phi) is 9.72. The molecule has 0 aliphatic carbocycles. The maximum atomic E-state index is 13.3. The van der Waals surface area contributed by atoms with E-state index in [0.29, 0.717) is 24.1 Å². The molecule has 0 radical (unpaired) electrons. The standard InChI is InChI=1S/C27H32F3N5O4S/c1-5-6-7-20(22(36)23(37)33-24-31-12-13-40-24)35(25(38)39)21(26(2,3)4)15-34-14-19(32-16-34)17-8-10-18(11-9-17)27(28,29)30/h8-14,16,20-21H,5-7,15H2,1-4H3,(H,38,39)(H,31,33,37)/p-1/t20-,21+/m0/s1. The molecule has 9 nitrogen and oxygen atoms in total. The van der Waals surface area contributed by atoms with Crippen LogP contribution in [-0.2, 0) is 22.3 Å². The first kappa shape index (κ1) is 30.8. The van der Waals surface area contributed by atoms with Gasteiger partial charge in [0.15, 0.2) is 5.13 Å². The van der Waals surface area contributed by atoms with Crippen molar-refractivity contribution in [3.8, 4) is 11.3 Å². The van der Waals surface area contributed by atoms with Crippen molar-refractivity contribution >= 4 is 34.3 Å². The van der Waals surface area contributed by atoms with Crippen molar-refractivity contribution in [2.45, 2.75) is 71.8 Å². The lowest BCUT2D eigenvalue weighted by Crippen LogP contribution is -2.61. The van der Waals surface area contributed by atoms with Crippen LogP contribution >= 0.6 is 11.3 Å². The smallest absolute Gasteiger partial charge is 0.416 e. The number of hydrogen-bond acceptors (Lipinski definition) is 7. The van der Waals surface area contributed by atoms with Gasteiger partial charge in [-0.1, -0.05) is 52.7 Å². The number of carbonyl (C=O) groups is 3. The fraction of sp³-hybridized carbons (Fsp3) is 0.444. The number of anilines is 1. The predicted molar refractivity (Wildman–Crippen MR) is 142 cm³/mol. The minimum Gasteiger partial charge on any atom is -0.530 e. The van der Waals surface area contributed by atoms with Gasteiger partial charge in [-0.05, 0) is 24.0 Å². The predicted octanol–water partition coefficient (Wildman–Crippen LogP) is 4.85. The normalized spacial score (nSPS) is 13.5. The highest BCUT2D eigenvalue weighted by atomic mass is 32.1. The number of ketones is 1. The summed E-state index contributed by atoms with van der Waals surface area (Å²) in [6.07, 6.45) is -0.297. The lowest BCUT2D eigenvalue weighted by molar-refractivity contribution is -0.273. The average molecular weight is 579 g/mol. The quantitative estimate of drug-likeness (QED) is 0.325. The van der Waals surface area contributed by atoms with Crippen LogP contribution in [0.4, 0.5) is 23.1 Å². The summed E-state index contributed by atoms with van der Waals surface area (Å²) in [5, 5.41) is 16.8. The molecule has 40 heavy (non-hydrogen) atoms. The molecule has 3 rings (SSSR count). The number of amides is 2. The lowest BCUT2D eigenvalue weighted by atomic mass is 9.84. The van der Waals surface area contributed by atoms with Crippen LogP contribution in [0, 0.1) is 5.41 Å². The third kappa shape index (κ3) is 7.68. The van der Waals surface area contributed by atoms with Gasteiger partial charge in [0.25, 0.3) is 5.91 Å². The number of carbonyl (C=O) groups excluding carboxylic acids is 3. The Hall–Kier alpha value is -3.74. The van der Waals surface area contributed by atoms with Crippen LogP contribution in [0.3, 0.4) is 0 Å². The van der Waals surface area contributed by atoms with Crippen molar-refractivity contribution in [1.82, 2.24) is 19.4 Å². The van der Waals surface area contributed by atoms with Gasteiger partial charge in [-0.15, -0.1) is 11.3 Å². The molecule has 2 atom stereocenters. The summed E-state index contributed by atoms with van der Waals surface area (Å²) in [5.74, 6) is -1.89. The number of benzene rings is 1. The number of hydrogen-bond donors (Lipinski definition) is 1. The first-order valence-corrected chi connectivity index (χ1v) is 13.5. The van der Waals surface area contributed by atoms with Gasteiger partial charge < -0.3 is 19.4 Å². The van der Waals surface area contributed by atoms with Crippen molar-refractivity contribution in [1.29, 1.82) is 0 Å². The van der Waals surface area contributed by atoms with Crippen molar-refractivity contribution in [2.75, 3.05) is 5.32 Å². The second-order valence-corrected chi connectivity index (χ2v) is 11.3. The highest BCUT2D eigenvalue weighted by Crippen LogP contribution is 2.32. The SMILES string of the molecule is CCCC[C@@H](C(=O)C(=O)Nc1nccs1)N(C(=O)[O-])[C@H](Cn1cnc(-c2ccc(C(F)(F)F)cc2)c1)C(C)(C)C. The van der Waals surface area contributed by atoms with E-state index < -0.39 is 47.0 Å².